The molecule has 1 aliphatic rings. The summed E-state index contributed by atoms with van der Waals surface area (Å²) < 4.78 is 0. The zero-order chi connectivity index (χ0) is 12.1. The van der Waals surface area contributed by atoms with Gasteiger partial charge in [0.25, 0.3) is 0 Å². The molecular formula is C15H24N2. The van der Waals surface area contributed by atoms with Crippen LogP contribution in [0.25, 0.3) is 0 Å². The number of hydrogen-bond donors (Lipinski definition) is 1. The van der Waals surface area contributed by atoms with Gasteiger partial charge in [-0.1, -0.05) is 25.3 Å². The lowest BCUT2D eigenvalue weighted by Crippen LogP contribution is -2.36. The van der Waals surface area contributed by atoms with Gasteiger partial charge in [-0.25, -0.2) is 0 Å². The zero-order valence-electron chi connectivity index (χ0n) is 11.0. The van der Waals surface area contributed by atoms with Crippen molar-refractivity contribution in [1.82, 2.24) is 10.3 Å². The molecule has 0 amide bonds. The van der Waals surface area contributed by atoms with Crippen molar-refractivity contribution in [3.8, 4) is 0 Å². The van der Waals surface area contributed by atoms with Gasteiger partial charge in [-0.05, 0) is 44.7 Å². The Morgan fingerprint density at radius 2 is 1.94 bits per heavy atom. The fraction of sp³-hybridized carbons (Fsp3) is 0.667. The Morgan fingerprint density at radius 1 is 1.18 bits per heavy atom. The highest BCUT2D eigenvalue weighted by atomic mass is 15.0. The van der Waals surface area contributed by atoms with Crippen molar-refractivity contribution in [3.05, 3.63) is 30.1 Å². The van der Waals surface area contributed by atoms with Gasteiger partial charge in [0.05, 0.1) is 5.69 Å². The summed E-state index contributed by atoms with van der Waals surface area (Å²) in [4.78, 5) is 4.41. The van der Waals surface area contributed by atoms with E-state index in [1.54, 1.807) is 0 Å². The number of nitrogens with one attached hydrogen (secondary N) is 1. The van der Waals surface area contributed by atoms with Crippen molar-refractivity contribution in [2.24, 2.45) is 5.92 Å². The molecule has 1 aromatic rings. The first-order valence-electron chi connectivity index (χ1n) is 6.94. The van der Waals surface area contributed by atoms with Crippen LogP contribution in [0.4, 0.5) is 0 Å². The lowest BCUT2D eigenvalue weighted by molar-refractivity contribution is 0.267. The average molecular weight is 232 g/mol. The average Bonchev–Trinajstić information content (AvgIpc) is 2.40. The van der Waals surface area contributed by atoms with Crippen LogP contribution in [0.1, 0.15) is 57.7 Å². The molecule has 1 saturated carbocycles. The summed E-state index contributed by atoms with van der Waals surface area (Å²) in [6, 6.07) is 7.10. The van der Waals surface area contributed by atoms with E-state index >= 15 is 0 Å². The van der Waals surface area contributed by atoms with Crippen molar-refractivity contribution in [3.63, 3.8) is 0 Å². The molecule has 0 saturated heterocycles. The number of aromatic nitrogens is 1. The quantitative estimate of drug-likeness (QED) is 0.856. The lowest BCUT2D eigenvalue weighted by Gasteiger charge is -2.30. The van der Waals surface area contributed by atoms with Crippen molar-refractivity contribution in [2.75, 3.05) is 0 Å². The topological polar surface area (TPSA) is 24.9 Å². The van der Waals surface area contributed by atoms with Crippen LogP contribution < -0.4 is 5.32 Å². The van der Waals surface area contributed by atoms with Crippen LogP contribution in [0, 0.1) is 5.92 Å². The Kier molecular flexibility index (Phi) is 4.55. The van der Waals surface area contributed by atoms with Gasteiger partial charge in [-0.2, -0.15) is 0 Å². The summed E-state index contributed by atoms with van der Waals surface area (Å²) in [5.41, 5.74) is 1.15. The third kappa shape index (κ3) is 3.53. The zero-order valence-corrected chi connectivity index (χ0v) is 11.0. The van der Waals surface area contributed by atoms with Gasteiger partial charge >= 0.3 is 0 Å². The Balaban J connectivity index is 1.87. The smallest absolute Gasteiger partial charge is 0.0570 e. The molecule has 94 valence electrons. The summed E-state index contributed by atoms with van der Waals surface area (Å²) in [7, 11) is 0. The maximum absolute atomic E-state index is 4.41. The highest BCUT2D eigenvalue weighted by Gasteiger charge is 2.21. The molecule has 1 heterocycles. The van der Waals surface area contributed by atoms with Crippen LogP contribution in [0.2, 0.25) is 0 Å². The van der Waals surface area contributed by atoms with Gasteiger partial charge in [0.15, 0.2) is 0 Å². The molecule has 0 aliphatic heterocycles. The number of pyridine rings is 1. The number of nitrogens with zero attached hydrogens (tertiary/aromatic N) is 1. The van der Waals surface area contributed by atoms with Crippen molar-refractivity contribution in [2.45, 2.75) is 58.0 Å². The summed E-state index contributed by atoms with van der Waals surface area (Å²) in [5.74, 6) is 0.856. The summed E-state index contributed by atoms with van der Waals surface area (Å²) in [6.07, 6.45) is 8.91. The molecule has 1 unspecified atom stereocenters. The van der Waals surface area contributed by atoms with Gasteiger partial charge < -0.3 is 5.32 Å². The van der Waals surface area contributed by atoms with Crippen LogP contribution in [0.3, 0.4) is 0 Å². The predicted octanol–water partition coefficient (Wildman–Crippen LogP) is 3.70. The van der Waals surface area contributed by atoms with E-state index in [1.807, 2.05) is 12.3 Å². The van der Waals surface area contributed by atoms with Gasteiger partial charge in [-0.3, -0.25) is 4.98 Å². The van der Waals surface area contributed by atoms with Gasteiger partial charge in [0.2, 0.25) is 0 Å². The van der Waals surface area contributed by atoms with E-state index in [0.29, 0.717) is 12.1 Å². The second-order valence-electron chi connectivity index (χ2n) is 5.33. The van der Waals surface area contributed by atoms with Gasteiger partial charge in [0, 0.05) is 18.3 Å². The molecule has 1 N–H and O–H groups in total. The van der Waals surface area contributed by atoms with Crippen LogP contribution in [-0.4, -0.2) is 11.0 Å². The second-order valence-corrected chi connectivity index (χ2v) is 5.33. The lowest BCUT2D eigenvalue weighted by atomic mass is 9.84. The standard InChI is InChI=1S/C15H24N2/c1-12(14-8-4-3-5-9-14)17-13(2)15-10-6-7-11-16-15/h6-7,10-14,17H,3-5,8-9H2,1-2H3/t12?,13-/m1/s1. The summed E-state index contributed by atoms with van der Waals surface area (Å²) >= 11 is 0. The molecule has 2 atom stereocenters. The van der Waals surface area contributed by atoms with Crippen molar-refractivity contribution >= 4 is 0 Å². The third-order valence-corrected chi connectivity index (χ3v) is 4.00. The number of hydrogen-bond acceptors (Lipinski definition) is 2. The molecule has 1 fully saturated rings. The molecule has 0 aromatic carbocycles. The van der Waals surface area contributed by atoms with E-state index in [2.05, 4.69) is 36.3 Å². The highest BCUT2D eigenvalue weighted by molar-refractivity contribution is 5.07. The molecule has 17 heavy (non-hydrogen) atoms. The first-order chi connectivity index (χ1) is 8.27. The largest absolute Gasteiger partial charge is 0.306 e. The fourth-order valence-electron chi connectivity index (χ4n) is 2.88. The first-order valence-corrected chi connectivity index (χ1v) is 6.94. The first kappa shape index (κ1) is 12.6. The maximum Gasteiger partial charge on any atom is 0.0570 e. The van der Waals surface area contributed by atoms with Gasteiger partial charge in [0.1, 0.15) is 0 Å². The Hall–Kier alpha value is -0.890. The molecule has 0 bridgehead atoms. The van der Waals surface area contributed by atoms with Crippen LogP contribution in [0.5, 0.6) is 0 Å². The summed E-state index contributed by atoms with van der Waals surface area (Å²) in [5, 5.41) is 3.70. The molecule has 2 nitrogen and oxygen atoms in total. The Labute approximate surface area is 105 Å². The number of rotatable bonds is 4. The Morgan fingerprint density at radius 3 is 2.59 bits per heavy atom. The van der Waals surface area contributed by atoms with Crippen molar-refractivity contribution in [1.29, 1.82) is 0 Å². The fourth-order valence-corrected chi connectivity index (χ4v) is 2.88. The minimum atomic E-state index is 0.355. The monoisotopic (exact) mass is 232 g/mol. The molecule has 1 aliphatic carbocycles. The summed E-state index contributed by atoms with van der Waals surface area (Å²) in [6.45, 7) is 4.54. The molecule has 0 spiro atoms. The highest BCUT2D eigenvalue weighted by Crippen LogP contribution is 2.27. The van der Waals surface area contributed by atoms with Crippen molar-refractivity contribution < 1.29 is 0 Å². The molecule has 2 rings (SSSR count). The SMILES string of the molecule is CC(N[C@H](C)c1ccccn1)C1CCCCC1. The van der Waals surface area contributed by atoms with E-state index in [-0.39, 0.29) is 0 Å². The van der Waals surface area contributed by atoms with E-state index in [0.717, 1.165) is 11.6 Å². The van der Waals surface area contributed by atoms with E-state index in [4.69, 9.17) is 0 Å². The van der Waals surface area contributed by atoms with Gasteiger partial charge in [-0.15, -0.1) is 0 Å². The minimum absolute atomic E-state index is 0.355. The van der Waals surface area contributed by atoms with E-state index in [9.17, 15) is 0 Å². The third-order valence-electron chi connectivity index (χ3n) is 4.00. The maximum atomic E-state index is 4.41. The molecular weight excluding hydrogens is 208 g/mol. The second kappa shape index (κ2) is 6.15. The Bertz CT molecular complexity index is 317. The minimum Gasteiger partial charge on any atom is -0.306 e. The molecule has 1 aromatic heterocycles. The van der Waals surface area contributed by atoms with E-state index < -0.39 is 0 Å². The molecule has 0 radical (unpaired) electrons. The van der Waals surface area contributed by atoms with Crippen LogP contribution >= 0.6 is 0 Å². The van der Waals surface area contributed by atoms with E-state index in [1.165, 1.54) is 32.1 Å². The predicted molar refractivity (Wildman–Crippen MR) is 71.8 cm³/mol. The van der Waals surface area contributed by atoms with Crippen LogP contribution in [-0.2, 0) is 0 Å². The van der Waals surface area contributed by atoms with Crippen LogP contribution in [0.15, 0.2) is 24.4 Å². The normalized spacial score (nSPS) is 21.1. The molecule has 2 heteroatoms.